The molecule has 7 nitrogen and oxygen atoms in total. The lowest BCUT2D eigenvalue weighted by atomic mass is 10.0. The quantitative estimate of drug-likeness (QED) is 0.432. The van der Waals surface area contributed by atoms with Crippen LogP contribution in [0.1, 0.15) is 12.0 Å². The molecule has 1 aliphatic rings. The maximum Gasteiger partial charge on any atom is 0.332 e. The fraction of sp³-hybridized carbons (Fsp3) is 0.192. The van der Waals surface area contributed by atoms with Crippen molar-refractivity contribution in [1.29, 1.82) is 0 Å². The number of hydrogen-bond donors (Lipinski definition) is 0. The Kier molecular flexibility index (Phi) is 4.43. The molecule has 7 heteroatoms. The second-order valence-electron chi connectivity index (χ2n) is 8.45. The van der Waals surface area contributed by atoms with Gasteiger partial charge in [0.25, 0.3) is 5.56 Å². The minimum atomic E-state index is -0.359. The van der Waals surface area contributed by atoms with Gasteiger partial charge >= 0.3 is 5.69 Å². The molecule has 2 aromatic heterocycles. The zero-order valence-corrected chi connectivity index (χ0v) is 18.3. The highest BCUT2D eigenvalue weighted by atomic mass is 16.2. The first kappa shape index (κ1) is 19.5. The molecule has 0 unspecified atom stereocenters. The summed E-state index contributed by atoms with van der Waals surface area (Å²) < 4.78 is 4.80. The van der Waals surface area contributed by atoms with Gasteiger partial charge in [0.15, 0.2) is 11.2 Å². The van der Waals surface area contributed by atoms with Gasteiger partial charge in [0.2, 0.25) is 5.95 Å². The van der Waals surface area contributed by atoms with Crippen LogP contribution in [0.2, 0.25) is 0 Å². The van der Waals surface area contributed by atoms with Crippen LogP contribution >= 0.6 is 0 Å². The molecule has 164 valence electrons. The highest BCUT2D eigenvalue weighted by molar-refractivity contribution is 5.85. The monoisotopic (exact) mass is 437 g/mol. The normalized spacial score (nSPS) is 13.5. The second-order valence-corrected chi connectivity index (χ2v) is 8.45. The average molecular weight is 438 g/mol. The first-order valence-corrected chi connectivity index (χ1v) is 11.1. The van der Waals surface area contributed by atoms with E-state index in [1.807, 2.05) is 77.4 Å². The van der Waals surface area contributed by atoms with E-state index in [1.54, 1.807) is 7.05 Å². The minimum absolute atomic E-state index is 0.214. The molecule has 1 aliphatic heterocycles. The van der Waals surface area contributed by atoms with Crippen molar-refractivity contribution >= 4 is 33.6 Å². The lowest BCUT2D eigenvalue weighted by molar-refractivity contribution is 0.597. The van der Waals surface area contributed by atoms with Crippen LogP contribution in [-0.2, 0) is 20.1 Å². The smallest absolute Gasteiger partial charge is 0.312 e. The van der Waals surface area contributed by atoms with Gasteiger partial charge in [0.05, 0.1) is 6.54 Å². The van der Waals surface area contributed by atoms with Crippen LogP contribution in [0.4, 0.5) is 11.6 Å². The number of fused-ring (bicyclic) bond motifs is 4. The second kappa shape index (κ2) is 7.48. The lowest BCUT2D eigenvalue weighted by Crippen LogP contribution is -2.40. The summed E-state index contributed by atoms with van der Waals surface area (Å²) in [7, 11) is 1.69. The van der Waals surface area contributed by atoms with E-state index < -0.39 is 0 Å². The van der Waals surface area contributed by atoms with Gasteiger partial charge in [-0.05, 0) is 34.9 Å². The van der Waals surface area contributed by atoms with Crippen molar-refractivity contribution in [3.8, 4) is 0 Å². The van der Waals surface area contributed by atoms with Crippen LogP contribution in [-0.4, -0.2) is 25.2 Å². The van der Waals surface area contributed by atoms with Gasteiger partial charge in [-0.2, -0.15) is 4.98 Å². The van der Waals surface area contributed by atoms with Crippen LogP contribution in [0.3, 0.4) is 0 Å². The summed E-state index contributed by atoms with van der Waals surface area (Å²) in [6.07, 6.45) is 0.888. The molecule has 0 spiro atoms. The number of hydrogen-bond acceptors (Lipinski definition) is 4. The number of imidazole rings is 1. The number of rotatable bonds is 3. The van der Waals surface area contributed by atoms with E-state index in [4.69, 9.17) is 4.98 Å². The summed E-state index contributed by atoms with van der Waals surface area (Å²) in [6.45, 7) is 1.72. The predicted molar refractivity (Wildman–Crippen MR) is 130 cm³/mol. The Hall–Kier alpha value is -4.13. The maximum absolute atomic E-state index is 13.7. The predicted octanol–water partition coefficient (Wildman–Crippen LogP) is 3.64. The Labute approximate surface area is 189 Å². The summed E-state index contributed by atoms with van der Waals surface area (Å²) >= 11 is 0. The van der Waals surface area contributed by atoms with Gasteiger partial charge < -0.3 is 9.47 Å². The molecule has 0 bridgehead atoms. The van der Waals surface area contributed by atoms with Gasteiger partial charge in [0.1, 0.15) is 0 Å². The van der Waals surface area contributed by atoms with Crippen LogP contribution < -0.4 is 16.1 Å². The summed E-state index contributed by atoms with van der Waals surface area (Å²) in [5.74, 6) is 0.706. The fourth-order valence-electron chi connectivity index (χ4n) is 4.86. The van der Waals surface area contributed by atoms with Gasteiger partial charge in [-0.3, -0.25) is 13.9 Å². The van der Waals surface area contributed by atoms with Crippen molar-refractivity contribution in [2.24, 2.45) is 7.05 Å². The number of aryl methyl sites for hydroxylation is 2. The summed E-state index contributed by atoms with van der Waals surface area (Å²) in [5.41, 5.74) is 2.22. The van der Waals surface area contributed by atoms with E-state index in [-0.39, 0.29) is 17.8 Å². The number of para-hydroxylation sites is 1. The molecule has 0 saturated carbocycles. The Bertz CT molecular complexity index is 1620. The molecule has 0 amide bonds. The molecular formula is C26H23N5O2. The van der Waals surface area contributed by atoms with Gasteiger partial charge in [0, 0.05) is 25.8 Å². The minimum Gasteiger partial charge on any atom is -0.312 e. The number of nitrogens with zero attached hydrogens (tertiary/aromatic N) is 5. The number of aromatic nitrogens is 4. The SMILES string of the molecule is Cn1c(=O)n(Cc2cccc3ccccc23)c(=O)c2c1nc1n2CCCN1c1ccccc1. The van der Waals surface area contributed by atoms with Crippen molar-refractivity contribution in [1.82, 2.24) is 18.7 Å². The van der Waals surface area contributed by atoms with Crippen LogP contribution in [0.5, 0.6) is 0 Å². The first-order chi connectivity index (χ1) is 16.1. The zero-order chi connectivity index (χ0) is 22.5. The van der Waals surface area contributed by atoms with Crippen LogP contribution in [0.15, 0.2) is 82.4 Å². The maximum atomic E-state index is 13.7. The molecule has 0 aliphatic carbocycles. The fourth-order valence-corrected chi connectivity index (χ4v) is 4.86. The van der Waals surface area contributed by atoms with Crippen molar-refractivity contribution in [3.05, 3.63) is 99.2 Å². The lowest BCUT2D eigenvalue weighted by Gasteiger charge is -2.28. The average Bonchev–Trinajstić information content (AvgIpc) is 3.26. The number of benzene rings is 3. The highest BCUT2D eigenvalue weighted by Crippen LogP contribution is 2.30. The third kappa shape index (κ3) is 3.00. The van der Waals surface area contributed by atoms with Crippen molar-refractivity contribution in [2.75, 3.05) is 11.4 Å². The van der Waals surface area contributed by atoms with E-state index in [1.165, 1.54) is 9.13 Å². The molecule has 5 aromatic rings. The van der Waals surface area contributed by atoms with Crippen molar-refractivity contribution in [3.63, 3.8) is 0 Å². The third-order valence-electron chi connectivity index (χ3n) is 6.49. The van der Waals surface area contributed by atoms with E-state index in [0.717, 1.165) is 35.0 Å². The highest BCUT2D eigenvalue weighted by Gasteiger charge is 2.27. The largest absolute Gasteiger partial charge is 0.332 e. The zero-order valence-electron chi connectivity index (χ0n) is 18.3. The third-order valence-corrected chi connectivity index (χ3v) is 6.49. The standard InChI is InChI=1S/C26H23N5O2/c1-28-23-22(30-16-8-15-29(25(30)27-23)20-12-3-2-4-13-20)24(32)31(26(28)33)17-19-11-7-10-18-9-5-6-14-21(18)19/h2-7,9-14H,8,15-17H2,1H3. The van der Waals surface area contributed by atoms with E-state index in [0.29, 0.717) is 23.7 Å². The van der Waals surface area contributed by atoms with E-state index in [2.05, 4.69) is 4.90 Å². The van der Waals surface area contributed by atoms with Crippen LogP contribution in [0, 0.1) is 0 Å². The van der Waals surface area contributed by atoms with Crippen LogP contribution in [0.25, 0.3) is 21.9 Å². The number of anilines is 2. The van der Waals surface area contributed by atoms with E-state index >= 15 is 0 Å². The van der Waals surface area contributed by atoms with E-state index in [9.17, 15) is 9.59 Å². The van der Waals surface area contributed by atoms with Crippen molar-refractivity contribution < 1.29 is 0 Å². The molecule has 3 aromatic carbocycles. The molecule has 6 rings (SSSR count). The molecule has 3 heterocycles. The molecule has 0 N–H and O–H groups in total. The summed E-state index contributed by atoms with van der Waals surface area (Å²) in [5, 5.41) is 2.13. The first-order valence-electron chi connectivity index (χ1n) is 11.1. The molecular weight excluding hydrogens is 414 g/mol. The molecule has 0 radical (unpaired) electrons. The molecule has 0 saturated heterocycles. The van der Waals surface area contributed by atoms with Gasteiger partial charge in [-0.1, -0.05) is 60.7 Å². The van der Waals surface area contributed by atoms with Gasteiger partial charge in [-0.25, -0.2) is 4.79 Å². The summed E-state index contributed by atoms with van der Waals surface area (Å²) in [6, 6.07) is 24.0. The Balaban J connectivity index is 1.56. The molecule has 0 atom stereocenters. The molecule has 33 heavy (non-hydrogen) atoms. The van der Waals surface area contributed by atoms with Crippen molar-refractivity contribution in [2.45, 2.75) is 19.5 Å². The summed E-state index contributed by atoms with van der Waals surface area (Å²) in [4.78, 5) is 33.8. The van der Waals surface area contributed by atoms with Gasteiger partial charge in [-0.15, -0.1) is 0 Å². The molecule has 0 fully saturated rings. The Morgan fingerprint density at radius 2 is 1.64 bits per heavy atom. The topological polar surface area (TPSA) is 65.1 Å². The Morgan fingerprint density at radius 1 is 0.879 bits per heavy atom. The Morgan fingerprint density at radius 3 is 2.48 bits per heavy atom.